The van der Waals surface area contributed by atoms with E-state index >= 15 is 0 Å². The van der Waals surface area contributed by atoms with Crippen molar-refractivity contribution in [2.24, 2.45) is 0 Å². The van der Waals surface area contributed by atoms with E-state index in [1.165, 1.54) is 17.7 Å². The van der Waals surface area contributed by atoms with Crippen LogP contribution in [-0.4, -0.2) is 60.7 Å². The normalized spacial score (nSPS) is 13.5. The molecule has 6 rings (SSSR count). The predicted octanol–water partition coefficient (Wildman–Crippen LogP) is 6.44. The molecule has 1 saturated heterocycles. The summed E-state index contributed by atoms with van der Waals surface area (Å²) in [7, 11) is 0. The topological polar surface area (TPSA) is 75.6 Å². The number of anilines is 1. The molecule has 0 saturated carbocycles. The number of aromatic nitrogens is 1. The Hall–Kier alpha value is -4.44. The molecule has 2 heterocycles. The maximum absolute atomic E-state index is 14.0. The number of nitrogens with zero attached hydrogens (tertiary/aromatic N) is 2. The monoisotopic (exact) mass is 622 g/mol. The van der Waals surface area contributed by atoms with E-state index in [0.29, 0.717) is 43.2 Å². The maximum atomic E-state index is 14.0. The number of thioether (sulfide) groups is 1. The van der Waals surface area contributed by atoms with Crippen molar-refractivity contribution in [3.8, 4) is 0 Å². The summed E-state index contributed by atoms with van der Waals surface area (Å²) in [6.07, 6.45) is 0. The average molecular weight is 623 g/mol. The van der Waals surface area contributed by atoms with Crippen molar-refractivity contribution in [1.82, 2.24) is 14.8 Å². The van der Waals surface area contributed by atoms with Gasteiger partial charge >= 0.3 is 0 Å². The molecule has 0 unspecified atom stereocenters. The second-order valence-corrected chi connectivity index (χ2v) is 12.0. The van der Waals surface area contributed by atoms with Gasteiger partial charge in [0, 0.05) is 60.0 Å². The van der Waals surface area contributed by atoms with Crippen LogP contribution in [0.3, 0.4) is 0 Å². The molecule has 1 aliphatic heterocycles. The number of fused-ring (bicyclic) bond motifs is 1. The van der Waals surface area contributed by atoms with Gasteiger partial charge in [0.15, 0.2) is 0 Å². The van der Waals surface area contributed by atoms with Crippen LogP contribution in [0.2, 0.25) is 0 Å². The van der Waals surface area contributed by atoms with Crippen LogP contribution in [0.1, 0.15) is 32.0 Å². The molecule has 0 radical (unpaired) electrons. The Morgan fingerprint density at radius 1 is 0.822 bits per heavy atom. The maximum Gasteiger partial charge on any atom is 0.267 e. The Bertz CT molecular complexity index is 1790. The van der Waals surface area contributed by atoms with Gasteiger partial charge in [-0.25, -0.2) is 4.39 Å². The summed E-state index contributed by atoms with van der Waals surface area (Å²) < 4.78 is 21.4. The van der Waals surface area contributed by atoms with Crippen molar-refractivity contribution in [2.75, 3.05) is 44.7 Å². The molecule has 2 N–H and O–H groups in total. The zero-order valence-corrected chi connectivity index (χ0v) is 25.7. The van der Waals surface area contributed by atoms with Crippen LogP contribution in [0.4, 0.5) is 10.1 Å². The first-order chi connectivity index (χ1) is 22.0. The number of hydrogen-bond donors (Lipinski definition) is 2. The zero-order valence-electron chi connectivity index (χ0n) is 24.9. The third-order valence-corrected chi connectivity index (χ3v) is 8.95. The highest BCUT2D eigenvalue weighted by atomic mass is 32.2. The molecular formula is C36H35FN4O3S. The minimum Gasteiger partial charge on any atom is -0.379 e. The van der Waals surface area contributed by atoms with E-state index in [2.05, 4.69) is 27.7 Å². The van der Waals surface area contributed by atoms with Crippen LogP contribution in [0.25, 0.3) is 10.9 Å². The average Bonchev–Trinajstić information content (AvgIpc) is 3.42. The molecule has 0 spiro atoms. The fourth-order valence-corrected chi connectivity index (χ4v) is 6.49. The second-order valence-electron chi connectivity index (χ2n) is 11.0. The third kappa shape index (κ3) is 7.81. The number of carbonyl (C=O) groups is 2. The minimum absolute atomic E-state index is 0.203. The highest BCUT2D eigenvalue weighted by molar-refractivity contribution is 7.98. The van der Waals surface area contributed by atoms with Gasteiger partial charge in [-0.2, -0.15) is 0 Å². The molecule has 9 heteroatoms. The van der Waals surface area contributed by atoms with Crippen LogP contribution in [0.5, 0.6) is 0 Å². The molecule has 45 heavy (non-hydrogen) atoms. The minimum atomic E-state index is -0.326. The summed E-state index contributed by atoms with van der Waals surface area (Å²) >= 11 is 1.62. The molecule has 7 nitrogen and oxygen atoms in total. The number of ether oxygens (including phenoxy) is 1. The van der Waals surface area contributed by atoms with Crippen LogP contribution >= 0.6 is 11.8 Å². The van der Waals surface area contributed by atoms with E-state index in [4.69, 9.17) is 4.74 Å². The molecule has 4 aromatic carbocycles. The quantitative estimate of drug-likeness (QED) is 0.166. The predicted molar refractivity (Wildman–Crippen MR) is 177 cm³/mol. The zero-order chi connectivity index (χ0) is 31.0. The second kappa shape index (κ2) is 14.6. The first-order valence-corrected chi connectivity index (χ1v) is 16.1. The number of carbonyl (C=O) groups excluding carboxylic acids is 2. The van der Waals surface area contributed by atoms with Gasteiger partial charge in [0.25, 0.3) is 11.8 Å². The summed E-state index contributed by atoms with van der Waals surface area (Å²) in [6, 6.07) is 31.6. The van der Waals surface area contributed by atoms with Gasteiger partial charge in [-0.1, -0.05) is 54.6 Å². The Labute approximate surface area is 266 Å². The molecule has 2 amide bonds. The molecule has 0 aliphatic carbocycles. The number of benzene rings is 4. The lowest BCUT2D eigenvalue weighted by Crippen LogP contribution is -2.41. The summed E-state index contributed by atoms with van der Waals surface area (Å²) in [5.74, 6) is 0.0250. The van der Waals surface area contributed by atoms with E-state index < -0.39 is 0 Å². The summed E-state index contributed by atoms with van der Waals surface area (Å²) in [5.41, 5.74) is 4.44. The van der Waals surface area contributed by atoms with E-state index in [1.54, 1.807) is 17.8 Å². The lowest BCUT2D eigenvalue weighted by molar-refractivity contribution is 0.0383. The van der Waals surface area contributed by atoms with Crippen LogP contribution in [0, 0.1) is 5.82 Å². The lowest BCUT2D eigenvalue weighted by Gasteiger charge is -2.26. The van der Waals surface area contributed by atoms with Crippen molar-refractivity contribution in [3.05, 3.63) is 131 Å². The van der Waals surface area contributed by atoms with Crippen molar-refractivity contribution in [1.29, 1.82) is 0 Å². The van der Waals surface area contributed by atoms with Crippen LogP contribution in [0.15, 0.2) is 108 Å². The van der Waals surface area contributed by atoms with Gasteiger partial charge < -0.3 is 19.9 Å². The van der Waals surface area contributed by atoms with E-state index in [1.807, 2.05) is 77.4 Å². The van der Waals surface area contributed by atoms with Gasteiger partial charge in [-0.15, -0.1) is 11.8 Å². The first-order valence-electron chi connectivity index (χ1n) is 15.1. The number of amides is 2. The number of rotatable bonds is 11. The molecule has 0 atom stereocenters. The number of hydrogen-bond acceptors (Lipinski definition) is 5. The largest absolute Gasteiger partial charge is 0.379 e. The van der Waals surface area contributed by atoms with Gasteiger partial charge in [-0.05, 0) is 59.7 Å². The van der Waals surface area contributed by atoms with Gasteiger partial charge in [0.05, 0.1) is 18.8 Å². The van der Waals surface area contributed by atoms with Gasteiger partial charge in [-0.3, -0.25) is 14.5 Å². The number of morpholine rings is 1. The fraction of sp³-hybridized carbons (Fsp3) is 0.222. The summed E-state index contributed by atoms with van der Waals surface area (Å²) in [5, 5.41) is 6.90. The SMILES string of the molecule is O=C(Nc1ccc2c(c1)cc(C(=O)NCCN1CCOCC1)n2Cc1cccc(F)c1)c1ccccc1SCc1ccccc1. The van der Waals surface area contributed by atoms with Crippen molar-refractivity contribution in [2.45, 2.75) is 17.2 Å². The van der Waals surface area contributed by atoms with Crippen molar-refractivity contribution < 1.29 is 18.7 Å². The molecule has 1 aromatic heterocycles. The molecule has 5 aromatic rings. The van der Waals surface area contributed by atoms with Crippen LogP contribution < -0.4 is 10.6 Å². The van der Waals surface area contributed by atoms with Crippen molar-refractivity contribution >= 4 is 40.2 Å². The Balaban J connectivity index is 1.22. The van der Waals surface area contributed by atoms with Crippen molar-refractivity contribution in [3.63, 3.8) is 0 Å². The number of halogens is 1. The van der Waals surface area contributed by atoms with Crippen LogP contribution in [-0.2, 0) is 17.0 Å². The smallest absolute Gasteiger partial charge is 0.267 e. The van der Waals surface area contributed by atoms with Gasteiger partial charge in [0.1, 0.15) is 11.5 Å². The highest BCUT2D eigenvalue weighted by Crippen LogP contribution is 2.29. The third-order valence-electron chi connectivity index (χ3n) is 7.81. The molecule has 1 fully saturated rings. The molecular weight excluding hydrogens is 587 g/mol. The summed E-state index contributed by atoms with van der Waals surface area (Å²) in [6.45, 7) is 4.66. The first kappa shape index (κ1) is 30.6. The highest BCUT2D eigenvalue weighted by Gasteiger charge is 2.19. The summed E-state index contributed by atoms with van der Waals surface area (Å²) in [4.78, 5) is 30.1. The van der Waals surface area contributed by atoms with E-state index in [0.717, 1.165) is 46.7 Å². The fourth-order valence-electron chi connectivity index (χ4n) is 5.48. The Morgan fingerprint density at radius 2 is 1.60 bits per heavy atom. The Kier molecular flexibility index (Phi) is 9.89. The van der Waals surface area contributed by atoms with E-state index in [-0.39, 0.29) is 17.6 Å². The van der Waals surface area contributed by atoms with Gasteiger partial charge in [0.2, 0.25) is 0 Å². The molecule has 230 valence electrons. The number of nitrogens with one attached hydrogen (secondary N) is 2. The van der Waals surface area contributed by atoms with E-state index in [9.17, 15) is 14.0 Å². The molecule has 1 aliphatic rings. The standard InChI is InChI=1S/C36H35FN4O3S/c37-29-10-6-9-27(21-29)24-41-32-14-13-30(22-28(32)23-33(41)36(43)38-15-16-40-17-19-44-20-18-40)39-35(42)31-11-4-5-12-34(31)45-25-26-7-2-1-3-8-26/h1-14,21-23H,15-20,24-25H2,(H,38,43)(H,39,42). The molecule has 0 bridgehead atoms. The Morgan fingerprint density at radius 3 is 2.42 bits per heavy atom. The lowest BCUT2D eigenvalue weighted by atomic mass is 10.2.